The highest BCUT2D eigenvalue weighted by Gasteiger charge is 2.33. The first-order valence-electron chi connectivity index (χ1n) is 17.3. The zero-order valence-corrected chi connectivity index (χ0v) is 28.8. The predicted molar refractivity (Wildman–Crippen MR) is 191 cm³/mol. The molecule has 0 spiro atoms. The summed E-state index contributed by atoms with van der Waals surface area (Å²) in [6, 6.07) is 30.3. The molecule has 51 heavy (non-hydrogen) atoms. The topological polar surface area (TPSA) is 161 Å². The standard InChI is InChI=1S/C40H47N3O8/c1-43(25-36(46)31-8-6-9-33(45)21-31)24-34-22-37(29-15-13-27(26-44)14-16-29)51-40(50-34)30-19-17-28(18-20-30)35-10-3-2-7-32(35)23-41-38(47)11-4-5-12-39(48)42-49/h2-3,6-10,13-21,34,36-37,40,44-46,49H,4-5,11-12,22-26H2,1H3,(H,41,47)(H,42,48)/t34-,36-,37+,40+/m1/s1. The van der Waals surface area contributed by atoms with Gasteiger partial charge in [0.25, 0.3) is 0 Å². The normalized spacial score (nSPS) is 17.9. The van der Waals surface area contributed by atoms with E-state index in [1.54, 1.807) is 29.7 Å². The minimum atomic E-state index is -0.782. The summed E-state index contributed by atoms with van der Waals surface area (Å²) in [7, 11) is 1.93. The minimum absolute atomic E-state index is 0.0400. The van der Waals surface area contributed by atoms with Crippen LogP contribution in [0.4, 0.5) is 0 Å². The lowest BCUT2D eigenvalue weighted by Gasteiger charge is -2.38. The van der Waals surface area contributed by atoms with Gasteiger partial charge in [-0.3, -0.25) is 14.8 Å². The monoisotopic (exact) mass is 697 g/mol. The van der Waals surface area contributed by atoms with E-state index in [-0.39, 0.29) is 36.9 Å². The van der Waals surface area contributed by atoms with Gasteiger partial charge in [-0.1, -0.05) is 84.9 Å². The van der Waals surface area contributed by atoms with Crippen LogP contribution in [0.1, 0.15) is 78.4 Å². The highest BCUT2D eigenvalue weighted by molar-refractivity contribution is 5.77. The van der Waals surface area contributed by atoms with Gasteiger partial charge in [-0.05, 0) is 65.4 Å². The number of amides is 2. The molecule has 0 radical (unpaired) electrons. The molecule has 0 bridgehead atoms. The van der Waals surface area contributed by atoms with Crippen LogP contribution in [0.3, 0.4) is 0 Å². The van der Waals surface area contributed by atoms with Gasteiger partial charge in [0.2, 0.25) is 11.8 Å². The fraction of sp³-hybridized carbons (Fsp3) is 0.350. The van der Waals surface area contributed by atoms with E-state index >= 15 is 0 Å². The first kappa shape index (κ1) is 37.6. The van der Waals surface area contributed by atoms with E-state index in [0.29, 0.717) is 50.9 Å². The number of unbranched alkanes of at least 4 members (excludes halogenated alkanes) is 1. The van der Waals surface area contributed by atoms with Crippen molar-refractivity contribution in [3.63, 3.8) is 0 Å². The summed E-state index contributed by atoms with van der Waals surface area (Å²) in [5, 5.41) is 41.8. The van der Waals surface area contributed by atoms with E-state index in [9.17, 15) is 24.9 Å². The van der Waals surface area contributed by atoms with E-state index in [0.717, 1.165) is 33.4 Å². The highest BCUT2D eigenvalue weighted by Crippen LogP contribution is 2.39. The number of rotatable bonds is 16. The Morgan fingerprint density at radius 2 is 1.59 bits per heavy atom. The molecule has 270 valence electrons. The molecule has 6 N–H and O–H groups in total. The van der Waals surface area contributed by atoms with Crippen LogP contribution in [0.2, 0.25) is 0 Å². The van der Waals surface area contributed by atoms with Crippen molar-refractivity contribution in [2.75, 3.05) is 20.1 Å². The number of nitrogens with one attached hydrogen (secondary N) is 2. The van der Waals surface area contributed by atoms with Crippen molar-refractivity contribution < 1.29 is 39.6 Å². The maximum Gasteiger partial charge on any atom is 0.243 e. The highest BCUT2D eigenvalue weighted by atomic mass is 16.7. The largest absolute Gasteiger partial charge is 0.508 e. The van der Waals surface area contributed by atoms with Crippen molar-refractivity contribution in [3.05, 3.63) is 125 Å². The number of benzene rings is 4. The maximum absolute atomic E-state index is 12.5. The van der Waals surface area contributed by atoms with Crippen LogP contribution in [0, 0.1) is 0 Å². The SMILES string of the molecule is CN(C[C@H]1C[C@@H](c2ccc(CO)cc2)O[C@@H](c2ccc(-c3ccccc3CNC(=O)CCCCC(=O)NO)cc2)O1)C[C@@H](O)c1cccc(O)c1. The van der Waals surface area contributed by atoms with Crippen molar-refractivity contribution in [1.29, 1.82) is 0 Å². The Kier molecular flexibility index (Phi) is 13.7. The number of carbonyl (C=O) groups is 2. The number of hydrogen-bond acceptors (Lipinski definition) is 9. The number of nitrogens with zero attached hydrogens (tertiary/aromatic N) is 1. The van der Waals surface area contributed by atoms with Crippen molar-refractivity contribution in [2.24, 2.45) is 0 Å². The Morgan fingerprint density at radius 3 is 2.29 bits per heavy atom. The number of aromatic hydroxyl groups is 1. The number of ether oxygens (including phenoxy) is 2. The second kappa shape index (κ2) is 18.6. The van der Waals surface area contributed by atoms with E-state index < -0.39 is 18.3 Å². The Morgan fingerprint density at radius 1 is 0.882 bits per heavy atom. The van der Waals surface area contributed by atoms with Crippen molar-refractivity contribution >= 4 is 11.8 Å². The number of phenolic OH excluding ortho intramolecular Hbond substituents is 1. The zero-order chi connectivity index (χ0) is 36.2. The van der Waals surface area contributed by atoms with Crippen LogP contribution in [0.25, 0.3) is 11.1 Å². The first-order valence-corrected chi connectivity index (χ1v) is 17.3. The van der Waals surface area contributed by atoms with Crippen LogP contribution in [-0.2, 0) is 32.2 Å². The summed E-state index contributed by atoms with van der Waals surface area (Å²) in [4.78, 5) is 25.7. The Hall–Kier alpha value is -4.62. The number of aliphatic hydroxyl groups is 2. The lowest BCUT2D eigenvalue weighted by molar-refractivity contribution is -0.252. The summed E-state index contributed by atoms with van der Waals surface area (Å²) < 4.78 is 13.1. The van der Waals surface area contributed by atoms with Crippen LogP contribution in [0.15, 0.2) is 97.1 Å². The van der Waals surface area contributed by atoms with Gasteiger partial charge < -0.3 is 35.0 Å². The molecule has 0 saturated carbocycles. The number of carbonyl (C=O) groups excluding carboxylic acids is 2. The molecule has 2 amide bonds. The molecule has 1 aliphatic rings. The molecule has 5 rings (SSSR count). The third kappa shape index (κ3) is 10.9. The summed E-state index contributed by atoms with van der Waals surface area (Å²) in [5.74, 6) is -0.459. The van der Waals surface area contributed by atoms with Gasteiger partial charge in [0.1, 0.15) is 5.75 Å². The van der Waals surface area contributed by atoms with Crippen LogP contribution < -0.4 is 10.8 Å². The van der Waals surface area contributed by atoms with Gasteiger partial charge in [0.05, 0.1) is 24.9 Å². The third-order valence-electron chi connectivity index (χ3n) is 9.04. The number of hydroxylamine groups is 1. The van der Waals surface area contributed by atoms with Gasteiger partial charge in [0.15, 0.2) is 6.29 Å². The van der Waals surface area contributed by atoms with Crippen LogP contribution in [-0.4, -0.2) is 63.5 Å². The summed E-state index contributed by atoms with van der Waals surface area (Å²) >= 11 is 0. The maximum atomic E-state index is 12.5. The molecular weight excluding hydrogens is 650 g/mol. The predicted octanol–water partition coefficient (Wildman–Crippen LogP) is 5.44. The Bertz CT molecular complexity index is 1720. The second-order valence-corrected chi connectivity index (χ2v) is 13.0. The second-order valence-electron chi connectivity index (χ2n) is 13.0. The molecule has 11 nitrogen and oxygen atoms in total. The smallest absolute Gasteiger partial charge is 0.243 e. The molecule has 0 aliphatic carbocycles. The van der Waals surface area contributed by atoms with Gasteiger partial charge in [-0.25, -0.2) is 5.48 Å². The summed E-state index contributed by atoms with van der Waals surface area (Å²) in [5.41, 5.74) is 7.82. The van der Waals surface area contributed by atoms with E-state index in [4.69, 9.17) is 14.7 Å². The lowest BCUT2D eigenvalue weighted by Crippen LogP contribution is -2.39. The molecule has 4 aromatic carbocycles. The zero-order valence-electron chi connectivity index (χ0n) is 28.8. The lowest BCUT2D eigenvalue weighted by atomic mass is 9.97. The van der Waals surface area contributed by atoms with Gasteiger partial charge in [-0.2, -0.15) is 0 Å². The fourth-order valence-corrected chi connectivity index (χ4v) is 6.27. The Labute approximate surface area is 298 Å². The molecule has 0 unspecified atom stereocenters. The molecule has 1 saturated heterocycles. The van der Waals surface area contributed by atoms with E-state index in [2.05, 4.69) is 5.32 Å². The number of aliphatic hydroxyl groups excluding tert-OH is 2. The average molecular weight is 698 g/mol. The quantitative estimate of drug-likeness (QED) is 0.0509. The molecule has 4 aromatic rings. The first-order chi connectivity index (χ1) is 24.7. The molecule has 11 heteroatoms. The van der Waals surface area contributed by atoms with Gasteiger partial charge in [-0.15, -0.1) is 0 Å². The van der Waals surface area contributed by atoms with Crippen LogP contribution in [0.5, 0.6) is 5.75 Å². The average Bonchev–Trinajstić information content (AvgIpc) is 3.15. The number of likely N-dealkylation sites (N-methyl/N-ethyl adjacent to an activating group) is 1. The van der Waals surface area contributed by atoms with Crippen molar-refractivity contribution in [3.8, 4) is 16.9 Å². The summed E-state index contributed by atoms with van der Waals surface area (Å²) in [6.07, 6.45) is 0.190. The molecule has 0 aromatic heterocycles. The van der Waals surface area contributed by atoms with E-state index in [1.807, 2.05) is 84.7 Å². The van der Waals surface area contributed by atoms with Crippen molar-refractivity contribution in [1.82, 2.24) is 15.7 Å². The molecular formula is C40H47N3O8. The van der Waals surface area contributed by atoms with Crippen molar-refractivity contribution in [2.45, 2.75) is 69.9 Å². The summed E-state index contributed by atoms with van der Waals surface area (Å²) in [6.45, 7) is 1.20. The molecule has 4 atom stereocenters. The molecule has 1 fully saturated rings. The van der Waals surface area contributed by atoms with Gasteiger partial charge in [0, 0.05) is 44.5 Å². The van der Waals surface area contributed by atoms with Crippen LogP contribution >= 0.6 is 0 Å². The Balaban J connectivity index is 1.26. The number of hydrogen-bond donors (Lipinski definition) is 6. The van der Waals surface area contributed by atoms with Gasteiger partial charge >= 0.3 is 0 Å². The third-order valence-corrected chi connectivity index (χ3v) is 9.04. The molecule has 1 aliphatic heterocycles. The molecule has 1 heterocycles. The number of phenols is 1. The minimum Gasteiger partial charge on any atom is -0.508 e. The van der Waals surface area contributed by atoms with E-state index in [1.165, 1.54) is 0 Å². The fourth-order valence-electron chi connectivity index (χ4n) is 6.27.